The number of hydrogen-bond donors (Lipinski definition) is 2. The van der Waals surface area contributed by atoms with Crippen LogP contribution in [0, 0.1) is 5.92 Å². The molecule has 1 atom stereocenters. The molecule has 2 N–H and O–H groups in total. The fourth-order valence-electron chi connectivity index (χ4n) is 2.73. The van der Waals surface area contributed by atoms with Crippen LogP contribution in [0.4, 0.5) is 17.2 Å². The number of amides is 3. The van der Waals surface area contributed by atoms with E-state index in [9.17, 15) is 14.4 Å². The van der Waals surface area contributed by atoms with Crippen LogP contribution in [0.5, 0.6) is 0 Å². The second-order valence-electron chi connectivity index (χ2n) is 5.84. The van der Waals surface area contributed by atoms with Gasteiger partial charge in [-0.25, -0.2) is 4.98 Å². The van der Waals surface area contributed by atoms with Crippen molar-refractivity contribution in [3.63, 3.8) is 0 Å². The summed E-state index contributed by atoms with van der Waals surface area (Å²) in [5.41, 5.74) is 1.36. The molecule has 128 valence electrons. The Morgan fingerprint density at radius 1 is 1.12 bits per heavy atom. The van der Waals surface area contributed by atoms with Gasteiger partial charge in [-0.05, 0) is 36.4 Å². The number of pyridine rings is 1. The van der Waals surface area contributed by atoms with Gasteiger partial charge in [0, 0.05) is 37.5 Å². The summed E-state index contributed by atoms with van der Waals surface area (Å²) in [6, 6.07) is 12.2. The molecule has 1 saturated heterocycles. The summed E-state index contributed by atoms with van der Waals surface area (Å²) in [6.45, 7) is 1.75. The number of benzene rings is 1. The van der Waals surface area contributed by atoms with Gasteiger partial charge < -0.3 is 15.5 Å². The third-order valence-electron chi connectivity index (χ3n) is 3.91. The summed E-state index contributed by atoms with van der Waals surface area (Å²) in [4.78, 5) is 41.3. The lowest BCUT2D eigenvalue weighted by Crippen LogP contribution is -2.28. The Bertz CT molecular complexity index is 790. The summed E-state index contributed by atoms with van der Waals surface area (Å²) in [7, 11) is 0. The summed E-state index contributed by atoms with van der Waals surface area (Å²) in [5.74, 6) is -0.434. The lowest BCUT2D eigenvalue weighted by Gasteiger charge is -2.17. The topological polar surface area (TPSA) is 91.4 Å². The molecule has 25 heavy (non-hydrogen) atoms. The highest BCUT2D eigenvalue weighted by atomic mass is 16.2. The van der Waals surface area contributed by atoms with Gasteiger partial charge in [-0.15, -0.1) is 0 Å². The monoisotopic (exact) mass is 338 g/mol. The van der Waals surface area contributed by atoms with Gasteiger partial charge in [0.15, 0.2) is 0 Å². The summed E-state index contributed by atoms with van der Waals surface area (Å²) in [5, 5.41) is 5.41. The molecular weight excluding hydrogens is 320 g/mol. The van der Waals surface area contributed by atoms with E-state index in [4.69, 9.17) is 0 Å². The van der Waals surface area contributed by atoms with Crippen LogP contribution >= 0.6 is 0 Å². The standard InChI is InChI=1S/C18H18N4O3/c1-12(23)20-14-5-7-15(8-6-14)22-11-13(10-17(22)24)18(25)21-16-4-2-3-9-19-16/h2-9,13H,10-11H2,1H3,(H,20,23)(H,19,21,25)/t13-/m0/s1. The Hall–Kier alpha value is -3.22. The lowest BCUT2D eigenvalue weighted by atomic mass is 10.1. The van der Waals surface area contributed by atoms with E-state index < -0.39 is 5.92 Å². The van der Waals surface area contributed by atoms with Crippen LogP contribution in [-0.4, -0.2) is 29.3 Å². The molecule has 0 saturated carbocycles. The van der Waals surface area contributed by atoms with Crippen molar-refractivity contribution >= 4 is 34.9 Å². The molecular formula is C18H18N4O3. The minimum absolute atomic E-state index is 0.103. The van der Waals surface area contributed by atoms with Crippen LogP contribution in [0.2, 0.25) is 0 Å². The second-order valence-corrected chi connectivity index (χ2v) is 5.84. The lowest BCUT2D eigenvalue weighted by molar-refractivity contribution is -0.122. The number of carbonyl (C=O) groups excluding carboxylic acids is 3. The Labute approximate surface area is 145 Å². The first-order valence-corrected chi connectivity index (χ1v) is 7.93. The first-order valence-electron chi connectivity index (χ1n) is 7.93. The molecule has 7 nitrogen and oxygen atoms in total. The van der Waals surface area contributed by atoms with E-state index in [1.54, 1.807) is 53.6 Å². The van der Waals surface area contributed by atoms with E-state index in [0.29, 0.717) is 23.7 Å². The Balaban J connectivity index is 1.65. The zero-order chi connectivity index (χ0) is 17.8. The molecule has 1 fully saturated rings. The number of anilines is 3. The highest BCUT2D eigenvalue weighted by molar-refractivity contribution is 6.03. The Kier molecular flexibility index (Phi) is 4.74. The SMILES string of the molecule is CC(=O)Nc1ccc(N2C[C@@H](C(=O)Nc3ccccn3)CC2=O)cc1. The van der Waals surface area contributed by atoms with Gasteiger partial charge in [-0.3, -0.25) is 14.4 Å². The van der Waals surface area contributed by atoms with Crippen molar-refractivity contribution in [2.45, 2.75) is 13.3 Å². The first kappa shape index (κ1) is 16.6. The van der Waals surface area contributed by atoms with Gasteiger partial charge in [-0.2, -0.15) is 0 Å². The molecule has 0 radical (unpaired) electrons. The van der Waals surface area contributed by atoms with Crippen molar-refractivity contribution in [1.29, 1.82) is 0 Å². The molecule has 2 aromatic rings. The van der Waals surface area contributed by atoms with E-state index in [0.717, 1.165) is 0 Å². The summed E-state index contributed by atoms with van der Waals surface area (Å²) >= 11 is 0. The van der Waals surface area contributed by atoms with Gasteiger partial charge in [0.25, 0.3) is 0 Å². The molecule has 7 heteroatoms. The zero-order valence-electron chi connectivity index (χ0n) is 13.7. The van der Waals surface area contributed by atoms with Gasteiger partial charge in [-0.1, -0.05) is 6.07 Å². The number of carbonyl (C=O) groups is 3. The molecule has 3 amide bonds. The van der Waals surface area contributed by atoms with Crippen molar-refractivity contribution in [2.24, 2.45) is 5.92 Å². The van der Waals surface area contributed by atoms with Gasteiger partial charge in [0.2, 0.25) is 17.7 Å². The third-order valence-corrected chi connectivity index (χ3v) is 3.91. The fraction of sp³-hybridized carbons (Fsp3) is 0.222. The molecule has 1 aliphatic rings. The maximum Gasteiger partial charge on any atom is 0.230 e. The zero-order valence-corrected chi connectivity index (χ0v) is 13.7. The maximum absolute atomic E-state index is 12.3. The number of hydrogen-bond acceptors (Lipinski definition) is 4. The van der Waals surface area contributed by atoms with E-state index in [1.165, 1.54) is 6.92 Å². The minimum atomic E-state index is -0.426. The normalized spacial score (nSPS) is 16.6. The third kappa shape index (κ3) is 4.00. The van der Waals surface area contributed by atoms with Crippen LogP contribution in [0.15, 0.2) is 48.7 Å². The average molecular weight is 338 g/mol. The van der Waals surface area contributed by atoms with E-state index in [-0.39, 0.29) is 24.1 Å². The molecule has 1 aliphatic heterocycles. The predicted molar refractivity (Wildman–Crippen MR) is 94.1 cm³/mol. The van der Waals surface area contributed by atoms with Crippen molar-refractivity contribution in [3.8, 4) is 0 Å². The summed E-state index contributed by atoms with van der Waals surface area (Å²) < 4.78 is 0. The molecule has 3 rings (SSSR count). The molecule has 0 spiro atoms. The van der Waals surface area contributed by atoms with Crippen LogP contribution < -0.4 is 15.5 Å². The van der Waals surface area contributed by atoms with E-state index in [1.807, 2.05) is 0 Å². The van der Waals surface area contributed by atoms with Crippen LogP contribution in [0.25, 0.3) is 0 Å². The Morgan fingerprint density at radius 3 is 2.52 bits per heavy atom. The van der Waals surface area contributed by atoms with Gasteiger partial charge in [0.1, 0.15) is 5.82 Å². The van der Waals surface area contributed by atoms with Crippen LogP contribution in [0.3, 0.4) is 0 Å². The van der Waals surface area contributed by atoms with E-state index >= 15 is 0 Å². The predicted octanol–water partition coefficient (Wildman–Crippen LogP) is 2.03. The number of nitrogens with one attached hydrogen (secondary N) is 2. The highest BCUT2D eigenvalue weighted by Crippen LogP contribution is 2.27. The molecule has 0 unspecified atom stereocenters. The van der Waals surface area contributed by atoms with Crippen LogP contribution in [-0.2, 0) is 14.4 Å². The number of aromatic nitrogens is 1. The van der Waals surface area contributed by atoms with Crippen molar-refractivity contribution in [2.75, 3.05) is 22.1 Å². The quantitative estimate of drug-likeness (QED) is 0.892. The average Bonchev–Trinajstić information content (AvgIpc) is 2.98. The van der Waals surface area contributed by atoms with E-state index in [2.05, 4.69) is 15.6 Å². The smallest absolute Gasteiger partial charge is 0.230 e. The number of nitrogens with zero attached hydrogens (tertiary/aromatic N) is 2. The second kappa shape index (κ2) is 7.12. The first-order chi connectivity index (χ1) is 12.0. The molecule has 0 bridgehead atoms. The maximum atomic E-state index is 12.3. The summed E-state index contributed by atoms with van der Waals surface area (Å²) in [6.07, 6.45) is 1.75. The van der Waals surface area contributed by atoms with Gasteiger partial charge >= 0.3 is 0 Å². The molecule has 2 heterocycles. The largest absolute Gasteiger partial charge is 0.326 e. The molecule has 1 aromatic carbocycles. The minimum Gasteiger partial charge on any atom is -0.326 e. The fourth-order valence-corrected chi connectivity index (χ4v) is 2.73. The highest BCUT2D eigenvalue weighted by Gasteiger charge is 2.35. The molecule has 0 aliphatic carbocycles. The number of rotatable bonds is 4. The van der Waals surface area contributed by atoms with Crippen LogP contribution in [0.1, 0.15) is 13.3 Å². The Morgan fingerprint density at radius 2 is 1.88 bits per heavy atom. The molecule has 1 aromatic heterocycles. The van der Waals surface area contributed by atoms with Crippen molar-refractivity contribution in [1.82, 2.24) is 4.98 Å². The van der Waals surface area contributed by atoms with Gasteiger partial charge in [0.05, 0.1) is 5.92 Å². The van der Waals surface area contributed by atoms with Crippen molar-refractivity contribution in [3.05, 3.63) is 48.7 Å². The van der Waals surface area contributed by atoms with Crippen molar-refractivity contribution < 1.29 is 14.4 Å².